The highest BCUT2D eigenvalue weighted by Crippen LogP contribution is 2.53. The van der Waals surface area contributed by atoms with Crippen molar-refractivity contribution in [2.45, 2.75) is 128 Å². The number of aromatic nitrogens is 2. The Morgan fingerprint density at radius 2 is 1.74 bits per heavy atom. The van der Waals surface area contributed by atoms with Crippen molar-refractivity contribution in [1.82, 2.24) is 9.55 Å². The van der Waals surface area contributed by atoms with Crippen molar-refractivity contribution in [3.8, 4) is 5.75 Å². The number of aliphatic hydroxyl groups is 1. The lowest BCUT2D eigenvalue weighted by Gasteiger charge is -2.50. The van der Waals surface area contributed by atoms with E-state index in [1.54, 1.807) is 19.1 Å². The van der Waals surface area contributed by atoms with Crippen LogP contribution < -0.4 is 16.0 Å². The Morgan fingerprint density at radius 1 is 1.15 bits per heavy atom. The number of rotatable bonds is 10. The first kappa shape index (κ1) is 38.6. The Morgan fingerprint density at radius 3 is 2.24 bits per heavy atom. The fourth-order valence-corrected chi connectivity index (χ4v) is 10.1. The second-order valence-corrected chi connectivity index (χ2v) is 27.9. The van der Waals surface area contributed by atoms with E-state index in [-0.39, 0.29) is 40.5 Å². The monoisotopic (exact) mass is 789 g/mol. The standard InChI is InChI=1S/C32H52IN3O8Si2/c1-20(2)26(22-15-14-21(33)16-23(22)36(40)41)43-24-17-35(28(38)34-27(24)37)31(9)19-32(39,45(10,11)29(3,4)5)25(44-31)18-42-46(12,13)30(6,7)8/h14-17,20,25-26,39H,18-19H2,1-13H3,(H,34,37,38)/t25-,26-,31-,32-/m1/s1. The molecule has 0 amide bonds. The molecule has 14 heteroatoms. The highest BCUT2D eigenvalue weighted by Gasteiger charge is 2.65. The molecular weight excluding hydrogens is 737 g/mol. The fraction of sp³-hybridized carbons (Fsp3) is 0.688. The molecule has 4 atom stereocenters. The molecule has 2 aromatic rings. The first-order chi connectivity index (χ1) is 20.7. The maximum absolute atomic E-state index is 13.5. The summed E-state index contributed by atoms with van der Waals surface area (Å²) in [4.78, 5) is 40.4. The normalized spacial score (nSPS) is 23.5. The maximum atomic E-state index is 13.5. The topological polar surface area (TPSA) is 146 Å². The number of hydrogen-bond acceptors (Lipinski definition) is 8. The largest absolute Gasteiger partial charge is 0.478 e. The van der Waals surface area contributed by atoms with Gasteiger partial charge in [0.2, 0.25) is 5.75 Å². The molecule has 2 N–H and O–H groups in total. The molecule has 11 nitrogen and oxygen atoms in total. The second-order valence-electron chi connectivity index (χ2n) is 16.2. The zero-order valence-corrected chi connectivity index (χ0v) is 33.7. The van der Waals surface area contributed by atoms with E-state index in [9.17, 15) is 24.8 Å². The van der Waals surface area contributed by atoms with E-state index in [1.807, 2.05) is 36.4 Å². The summed E-state index contributed by atoms with van der Waals surface area (Å²) in [6.07, 6.45) is -0.216. The van der Waals surface area contributed by atoms with Crippen LogP contribution in [-0.2, 0) is 14.9 Å². The van der Waals surface area contributed by atoms with Crippen LogP contribution in [0, 0.1) is 19.6 Å². The average Bonchev–Trinajstić information content (AvgIpc) is 3.17. The molecule has 1 aromatic carbocycles. The summed E-state index contributed by atoms with van der Waals surface area (Å²) in [5, 5.41) is 23.0. The number of benzene rings is 1. The molecule has 1 fully saturated rings. The molecule has 0 spiro atoms. The third kappa shape index (κ3) is 7.26. The van der Waals surface area contributed by atoms with Gasteiger partial charge in [-0.1, -0.05) is 68.5 Å². The van der Waals surface area contributed by atoms with Crippen molar-refractivity contribution in [3.63, 3.8) is 0 Å². The Hall–Kier alpha value is -1.86. The van der Waals surface area contributed by atoms with Crippen LogP contribution in [0.15, 0.2) is 34.0 Å². The van der Waals surface area contributed by atoms with E-state index in [2.05, 4.69) is 72.7 Å². The molecule has 0 radical (unpaired) electrons. The molecule has 0 unspecified atom stereocenters. The van der Waals surface area contributed by atoms with Gasteiger partial charge in [-0.25, -0.2) is 4.79 Å². The Labute approximate surface area is 287 Å². The Kier molecular flexibility index (Phi) is 10.8. The quantitative estimate of drug-likeness (QED) is 0.112. The number of ether oxygens (including phenoxy) is 2. The molecule has 46 heavy (non-hydrogen) atoms. The molecule has 258 valence electrons. The van der Waals surface area contributed by atoms with Crippen molar-refractivity contribution in [1.29, 1.82) is 0 Å². The number of halogens is 1. The van der Waals surface area contributed by atoms with Gasteiger partial charge >= 0.3 is 5.69 Å². The highest BCUT2D eigenvalue weighted by molar-refractivity contribution is 14.1. The third-order valence-corrected chi connectivity index (χ3v) is 22.2. The molecule has 0 aliphatic carbocycles. The summed E-state index contributed by atoms with van der Waals surface area (Å²) in [6, 6.07) is 4.83. The van der Waals surface area contributed by atoms with Gasteiger partial charge in [0.05, 0.1) is 36.6 Å². The van der Waals surface area contributed by atoms with E-state index >= 15 is 0 Å². The Balaban J connectivity index is 2.14. The molecule has 2 heterocycles. The summed E-state index contributed by atoms with van der Waals surface area (Å²) >= 11 is 2.01. The number of hydrogen-bond donors (Lipinski definition) is 2. The minimum Gasteiger partial charge on any atom is -0.478 e. The van der Waals surface area contributed by atoms with Gasteiger partial charge in [-0.15, -0.1) is 0 Å². The van der Waals surface area contributed by atoms with Crippen LogP contribution in [0.3, 0.4) is 0 Å². The number of aromatic amines is 1. The zero-order chi connectivity index (χ0) is 35.4. The fourth-order valence-electron chi connectivity index (χ4n) is 5.65. The lowest BCUT2D eigenvalue weighted by Crippen LogP contribution is -2.65. The number of nitro benzene ring substituents is 1. The molecule has 1 aromatic heterocycles. The lowest BCUT2D eigenvalue weighted by molar-refractivity contribution is -0.386. The number of nitro groups is 1. The van der Waals surface area contributed by atoms with Crippen molar-refractivity contribution in [2.24, 2.45) is 5.92 Å². The summed E-state index contributed by atoms with van der Waals surface area (Å²) in [5.74, 6) is -0.454. The van der Waals surface area contributed by atoms with Gasteiger partial charge < -0.3 is 19.0 Å². The summed E-state index contributed by atoms with van der Waals surface area (Å²) in [6.45, 7) is 26.9. The molecule has 3 rings (SSSR count). The van der Waals surface area contributed by atoms with E-state index in [4.69, 9.17) is 13.9 Å². The maximum Gasteiger partial charge on any atom is 0.330 e. The van der Waals surface area contributed by atoms with Gasteiger partial charge in [0.1, 0.15) is 17.9 Å². The Bertz CT molecular complexity index is 1580. The van der Waals surface area contributed by atoms with Crippen LogP contribution in [0.1, 0.15) is 80.4 Å². The van der Waals surface area contributed by atoms with Crippen LogP contribution in [0.4, 0.5) is 5.69 Å². The molecule has 0 saturated carbocycles. The predicted octanol–water partition coefficient (Wildman–Crippen LogP) is 7.09. The average molecular weight is 790 g/mol. The zero-order valence-electron chi connectivity index (χ0n) is 29.5. The van der Waals surface area contributed by atoms with Crippen molar-refractivity contribution in [3.05, 3.63) is 64.5 Å². The third-order valence-electron chi connectivity index (χ3n) is 10.7. The van der Waals surface area contributed by atoms with Crippen LogP contribution in [0.2, 0.25) is 36.3 Å². The number of nitrogens with zero attached hydrogens (tertiary/aromatic N) is 2. The molecular formula is C32H52IN3O8Si2. The summed E-state index contributed by atoms with van der Waals surface area (Å²) in [5.41, 5.74) is -2.65. The molecule has 1 aliphatic rings. The van der Waals surface area contributed by atoms with Crippen LogP contribution in [0.5, 0.6) is 5.75 Å². The van der Waals surface area contributed by atoms with E-state index in [0.29, 0.717) is 9.13 Å². The lowest BCUT2D eigenvalue weighted by atomic mass is 9.97. The van der Waals surface area contributed by atoms with E-state index < -0.39 is 55.7 Å². The molecule has 1 saturated heterocycles. The van der Waals surface area contributed by atoms with Gasteiger partial charge in [-0.05, 0) is 70.7 Å². The first-order valence-electron chi connectivity index (χ1n) is 15.7. The molecule has 1 aliphatic heterocycles. The second kappa shape index (κ2) is 12.9. The number of nitrogens with one attached hydrogen (secondary N) is 1. The van der Waals surface area contributed by atoms with Gasteiger partial charge in [0.25, 0.3) is 11.2 Å². The van der Waals surface area contributed by atoms with Crippen molar-refractivity contribution >= 4 is 44.7 Å². The summed E-state index contributed by atoms with van der Waals surface area (Å²) < 4.78 is 21.5. The van der Waals surface area contributed by atoms with Gasteiger partial charge in [0.15, 0.2) is 8.32 Å². The minimum atomic E-state index is -2.59. The van der Waals surface area contributed by atoms with Gasteiger partial charge in [0, 0.05) is 16.1 Å². The smallest absolute Gasteiger partial charge is 0.330 e. The summed E-state index contributed by atoms with van der Waals surface area (Å²) in [7, 11) is -4.82. The number of H-pyrrole nitrogens is 1. The van der Waals surface area contributed by atoms with Crippen molar-refractivity contribution in [2.75, 3.05) is 6.61 Å². The predicted molar refractivity (Wildman–Crippen MR) is 194 cm³/mol. The van der Waals surface area contributed by atoms with Gasteiger partial charge in [-0.2, -0.15) is 0 Å². The SMILES string of the molecule is CC(C)[C@@H](Oc1cn([C@@]2(C)C[C@@](O)([Si](C)(C)C(C)(C)C)[C@@H](CO[Si](C)(C)C(C)(C)C)O2)c(=O)[nH]c1=O)c1ccc(I)cc1[N+](=O)[O-]. The van der Waals surface area contributed by atoms with Crippen LogP contribution in [-0.4, -0.2) is 53.9 Å². The van der Waals surface area contributed by atoms with E-state index in [1.165, 1.54) is 16.8 Å². The minimum absolute atomic E-state index is 0.0643. The van der Waals surface area contributed by atoms with Crippen molar-refractivity contribution < 1.29 is 23.9 Å². The van der Waals surface area contributed by atoms with Gasteiger partial charge in [-0.3, -0.25) is 24.5 Å². The molecule has 0 bridgehead atoms. The van der Waals surface area contributed by atoms with Crippen LogP contribution in [0.25, 0.3) is 0 Å². The van der Waals surface area contributed by atoms with E-state index in [0.717, 1.165) is 0 Å². The first-order valence-corrected chi connectivity index (χ1v) is 22.7. The highest BCUT2D eigenvalue weighted by atomic mass is 127. The van der Waals surface area contributed by atoms with Crippen LogP contribution >= 0.6 is 22.6 Å².